The van der Waals surface area contributed by atoms with Gasteiger partial charge in [0, 0.05) is 31.6 Å². The van der Waals surface area contributed by atoms with E-state index in [1.54, 1.807) is 7.11 Å². The molecule has 0 saturated heterocycles. The van der Waals surface area contributed by atoms with Crippen molar-refractivity contribution in [2.75, 3.05) is 26.8 Å². The quantitative estimate of drug-likeness (QED) is 0.868. The highest BCUT2D eigenvalue weighted by atomic mass is 16.5. The fourth-order valence-electron chi connectivity index (χ4n) is 2.95. The molecule has 2 aromatic rings. The number of ether oxygens (including phenoxy) is 2. The molecule has 0 bridgehead atoms. The third-order valence-electron chi connectivity index (χ3n) is 4.14. The normalized spacial score (nSPS) is 15.6. The van der Waals surface area contributed by atoms with Crippen molar-refractivity contribution in [1.29, 1.82) is 0 Å². The number of aliphatic hydroxyl groups is 1. The first-order valence-corrected chi connectivity index (χ1v) is 8.12. The summed E-state index contributed by atoms with van der Waals surface area (Å²) in [4.78, 5) is 10.7. The van der Waals surface area contributed by atoms with E-state index in [9.17, 15) is 5.11 Å². The molecule has 1 N–H and O–H groups in total. The van der Waals surface area contributed by atoms with Crippen molar-refractivity contribution in [2.24, 2.45) is 0 Å². The van der Waals surface area contributed by atoms with Crippen molar-refractivity contribution in [1.82, 2.24) is 14.9 Å². The Morgan fingerprint density at radius 3 is 3.00 bits per heavy atom. The van der Waals surface area contributed by atoms with Gasteiger partial charge in [0.2, 0.25) is 5.88 Å². The maximum absolute atomic E-state index is 10.3. The number of β-amino-alcohol motifs (C(OH)–C–C–N with tert-alkyl or cyclic N) is 1. The molecule has 0 aliphatic carbocycles. The standard InChI is InChI=1S/C18H23N3O3/c1-13-4-3-5-15(8-13)24-11-14(22)9-21-7-6-17-16(10-21)18(23-2)20-12-19-17/h3-5,8,12,14,22H,6-7,9-11H2,1-2H3/t14-/m1/s1. The van der Waals surface area contributed by atoms with Crippen molar-refractivity contribution in [2.45, 2.75) is 26.0 Å². The number of nitrogens with zero attached hydrogens (tertiary/aromatic N) is 3. The molecule has 0 spiro atoms. The van der Waals surface area contributed by atoms with Crippen molar-refractivity contribution >= 4 is 0 Å². The van der Waals surface area contributed by atoms with Crippen molar-refractivity contribution < 1.29 is 14.6 Å². The van der Waals surface area contributed by atoms with Gasteiger partial charge < -0.3 is 14.6 Å². The highest BCUT2D eigenvalue weighted by Gasteiger charge is 2.23. The summed E-state index contributed by atoms with van der Waals surface area (Å²) in [6.07, 6.45) is 1.82. The SMILES string of the molecule is COc1ncnc2c1CN(C[C@@H](O)COc1cccc(C)c1)CC2. The van der Waals surface area contributed by atoms with E-state index in [2.05, 4.69) is 14.9 Å². The van der Waals surface area contributed by atoms with Crippen LogP contribution in [0, 0.1) is 6.92 Å². The van der Waals surface area contributed by atoms with Gasteiger partial charge in [-0.2, -0.15) is 0 Å². The molecule has 1 aromatic carbocycles. The number of hydrogen-bond acceptors (Lipinski definition) is 6. The Morgan fingerprint density at radius 1 is 1.33 bits per heavy atom. The van der Waals surface area contributed by atoms with Gasteiger partial charge in [0.15, 0.2) is 0 Å². The van der Waals surface area contributed by atoms with E-state index < -0.39 is 6.10 Å². The zero-order valence-electron chi connectivity index (χ0n) is 14.1. The number of aliphatic hydroxyl groups excluding tert-OH is 1. The smallest absolute Gasteiger partial charge is 0.220 e. The van der Waals surface area contributed by atoms with Gasteiger partial charge in [-0.05, 0) is 24.6 Å². The largest absolute Gasteiger partial charge is 0.491 e. The number of fused-ring (bicyclic) bond motifs is 1. The first kappa shape index (κ1) is 16.7. The molecule has 6 heteroatoms. The molecule has 1 aliphatic heterocycles. The molecular weight excluding hydrogens is 306 g/mol. The Bertz CT molecular complexity index is 679. The van der Waals surface area contributed by atoms with E-state index in [1.807, 2.05) is 31.2 Å². The molecule has 0 saturated carbocycles. The average Bonchev–Trinajstić information content (AvgIpc) is 2.59. The minimum Gasteiger partial charge on any atom is -0.491 e. The van der Waals surface area contributed by atoms with Crippen LogP contribution in [-0.2, 0) is 13.0 Å². The molecule has 1 aromatic heterocycles. The van der Waals surface area contributed by atoms with Gasteiger partial charge >= 0.3 is 0 Å². The monoisotopic (exact) mass is 329 g/mol. The molecule has 1 aliphatic rings. The molecule has 1 atom stereocenters. The zero-order chi connectivity index (χ0) is 16.9. The van der Waals surface area contributed by atoms with Crippen LogP contribution in [0.25, 0.3) is 0 Å². The van der Waals surface area contributed by atoms with E-state index in [1.165, 1.54) is 6.33 Å². The minimum absolute atomic E-state index is 0.273. The van der Waals surface area contributed by atoms with E-state index in [0.717, 1.165) is 35.5 Å². The number of aryl methyl sites for hydroxylation is 1. The number of benzene rings is 1. The van der Waals surface area contributed by atoms with Gasteiger partial charge in [-0.3, -0.25) is 4.90 Å². The number of rotatable bonds is 6. The van der Waals surface area contributed by atoms with Crippen LogP contribution < -0.4 is 9.47 Å². The van der Waals surface area contributed by atoms with Gasteiger partial charge in [0.05, 0.1) is 12.8 Å². The topological polar surface area (TPSA) is 67.7 Å². The highest BCUT2D eigenvalue weighted by Crippen LogP contribution is 2.24. The second-order valence-electron chi connectivity index (χ2n) is 6.07. The third-order valence-corrected chi connectivity index (χ3v) is 4.14. The van der Waals surface area contributed by atoms with Crippen molar-refractivity contribution in [3.05, 3.63) is 47.4 Å². The maximum Gasteiger partial charge on any atom is 0.220 e. The van der Waals surface area contributed by atoms with E-state index in [4.69, 9.17) is 9.47 Å². The van der Waals surface area contributed by atoms with Crippen LogP contribution in [0.2, 0.25) is 0 Å². The average molecular weight is 329 g/mol. The van der Waals surface area contributed by atoms with Gasteiger partial charge in [0.1, 0.15) is 24.8 Å². The summed E-state index contributed by atoms with van der Waals surface area (Å²) >= 11 is 0. The summed E-state index contributed by atoms with van der Waals surface area (Å²) in [5.74, 6) is 1.41. The van der Waals surface area contributed by atoms with Gasteiger partial charge in [-0.25, -0.2) is 9.97 Å². The molecule has 0 fully saturated rings. The fraction of sp³-hybridized carbons (Fsp3) is 0.444. The lowest BCUT2D eigenvalue weighted by molar-refractivity contribution is 0.0630. The summed E-state index contributed by atoms with van der Waals surface area (Å²) in [6, 6.07) is 7.83. The van der Waals surface area contributed by atoms with Gasteiger partial charge in [-0.15, -0.1) is 0 Å². The summed E-state index contributed by atoms with van der Waals surface area (Å²) in [7, 11) is 1.62. The lowest BCUT2D eigenvalue weighted by Crippen LogP contribution is -2.39. The molecule has 2 heterocycles. The first-order valence-electron chi connectivity index (χ1n) is 8.12. The Labute approximate surface area is 142 Å². The van der Waals surface area contributed by atoms with Gasteiger partial charge in [0.25, 0.3) is 0 Å². The molecule has 3 rings (SSSR count). The number of aromatic nitrogens is 2. The van der Waals surface area contributed by atoms with Gasteiger partial charge in [-0.1, -0.05) is 12.1 Å². The summed E-state index contributed by atoms with van der Waals surface area (Å²) < 4.78 is 11.0. The molecule has 0 radical (unpaired) electrons. The van der Waals surface area contributed by atoms with Crippen LogP contribution in [0.1, 0.15) is 16.8 Å². The van der Waals surface area contributed by atoms with E-state index >= 15 is 0 Å². The fourth-order valence-corrected chi connectivity index (χ4v) is 2.95. The van der Waals surface area contributed by atoms with Crippen LogP contribution in [0.4, 0.5) is 0 Å². The molecule has 128 valence electrons. The molecule has 0 unspecified atom stereocenters. The second-order valence-corrected chi connectivity index (χ2v) is 6.07. The second kappa shape index (κ2) is 7.59. The van der Waals surface area contributed by atoms with E-state index in [0.29, 0.717) is 19.0 Å². The van der Waals surface area contributed by atoms with Crippen molar-refractivity contribution in [3.8, 4) is 11.6 Å². The lowest BCUT2D eigenvalue weighted by Gasteiger charge is -2.30. The predicted octanol–water partition coefficient (Wildman–Crippen LogP) is 1.59. The zero-order valence-corrected chi connectivity index (χ0v) is 14.1. The Morgan fingerprint density at radius 2 is 2.21 bits per heavy atom. The Kier molecular flexibility index (Phi) is 5.27. The first-order chi connectivity index (χ1) is 11.7. The maximum atomic E-state index is 10.3. The van der Waals surface area contributed by atoms with Crippen LogP contribution in [0.3, 0.4) is 0 Å². The lowest BCUT2D eigenvalue weighted by atomic mass is 10.1. The number of hydrogen-bond donors (Lipinski definition) is 1. The van der Waals surface area contributed by atoms with Crippen LogP contribution in [-0.4, -0.2) is 52.9 Å². The summed E-state index contributed by atoms with van der Waals surface area (Å²) in [5, 5.41) is 10.3. The molecular formula is C18H23N3O3. The highest BCUT2D eigenvalue weighted by molar-refractivity contribution is 5.31. The Balaban J connectivity index is 1.54. The summed E-state index contributed by atoms with van der Waals surface area (Å²) in [6.45, 7) is 4.37. The molecule has 24 heavy (non-hydrogen) atoms. The summed E-state index contributed by atoms with van der Waals surface area (Å²) in [5.41, 5.74) is 3.18. The van der Waals surface area contributed by atoms with Crippen molar-refractivity contribution in [3.63, 3.8) is 0 Å². The third kappa shape index (κ3) is 4.01. The molecule has 6 nitrogen and oxygen atoms in total. The van der Waals surface area contributed by atoms with Crippen LogP contribution in [0.5, 0.6) is 11.6 Å². The van der Waals surface area contributed by atoms with E-state index in [-0.39, 0.29) is 6.61 Å². The van der Waals surface area contributed by atoms with Crippen LogP contribution in [0.15, 0.2) is 30.6 Å². The van der Waals surface area contributed by atoms with Crippen LogP contribution >= 0.6 is 0 Å². The molecule has 0 amide bonds. The minimum atomic E-state index is -0.553. The predicted molar refractivity (Wildman–Crippen MR) is 90.2 cm³/mol. The Hall–Kier alpha value is -2.18. The number of methoxy groups -OCH3 is 1.